The molecule has 0 bridgehead atoms. The molecule has 0 fully saturated rings. The van der Waals surface area contributed by atoms with Crippen LogP contribution in [0.1, 0.15) is 0 Å². The van der Waals surface area contributed by atoms with Crippen molar-refractivity contribution in [3.05, 3.63) is 164 Å². The normalized spacial score (nSPS) is 12.2. The first-order valence-electron chi connectivity index (χ1n) is 12.8. The van der Waals surface area contributed by atoms with Crippen molar-refractivity contribution in [2.45, 2.75) is 24.5 Å². The van der Waals surface area contributed by atoms with Gasteiger partial charge in [-0.15, -0.1) is 0 Å². The Morgan fingerprint density at radius 3 is 1.08 bits per heavy atom. The summed E-state index contributed by atoms with van der Waals surface area (Å²) in [6.07, 6.45) is 0. The first-order chi connectivity index (χ1) is 18.8. The molecule has 1 atom stereocenters. The summed E-state index contributed by atoms with van der Waals surface area (Å²) >= 11 is 1.81. The first kappa shape index (κ1) is 24.4. The van der Waals surface area contributed by atoms with Crippen LogP contribution in [-0.4, -0.2) is 0 Å². The predicted molar refractivity (Wildman–Crippen MR) is 165 cm³/mol. The van der Waals surface area contributed by atoms with Gasteiger partial charge >= 0.3 is 0 Å². The average Bonchev–Trinajstić information content (AvgIpc) is 3.00. The van der Waals surface area contributed by atoms with Crippen LogP contribution in [0.3, 0.4) is 0 Å². The molecule has 0 heterocycles. The Labute approximate surface area is 232 Å². The van der Waals surface area contributed by atoms with Gasteiger partial charge in [0.25, 0.3) is 0 Å². The molecule has 184 valence electrons. The third-order valence-electron chi connectivity index (χ3n) is 6.54. The van der Waals surface area contributed by atoms with Crippen molar-refractivity contribution in [2.24, 2.45) is 0 Å². The molecule has 6 aromatic rings. The van der Waals surface area contributed by atoms with Crippen LogP contribution in [-0.2, 0) is 0 Å². The van der Waals surface area contributed by atoms with Crippen LogP contribution in [0.5, 0.6) is 0 Å². The zero-order valence-electron chi connectivity index (χ0n) is 20.9. The second-order valence-corrected chi connectivity index (χ2v) is 12.4. The van der Waals surface area contributed by atoms with Crippen molar-refractivity contribution in [1.29, 1.82) is 0 Å². The van der Waals surface area contributed by atoms with Gasteiger partial charge in [0.05, 0.1) is 0 Å². The Balaban J connectivity index is 1.24. The van der Waals surface area contributed by atoms with E-state index in [-0.39, 0.29) is 0 Å². The lowest BCUT2D eigenvalue weighted by molar-refractivity contribution is 1.29. The van der Waals surface area contributed by atoms with Crippen LogP contribution >= 0.6 is 22.7 Å². The third-order valence-corrected chi connectivity index (χ3v) is 10.00. The van der Waals surface area contributed by atoms with Gasteiger partial charge < -0.3 is 0 Å². The molecule has 38 heavy (non-hydrogen) atoms. The fourth-order valence-electron chi connectivity index (χ4n) is 4.60. The molecule has 0 aliphatic carbocycles. The average molecular weight is 525 g/mol. The summed E-state index contributed by atoms with van der Waals surface area (Å²) in [5.74, 6) is 0. The second-order valence-electron chi connectivity index (χ2n) is 9.07. The number of thiol groups is 1. The molecule has 1 unspecified atom stereocenters. The van der Waals surface area contributed by atoms with Gasteiger partial charge in [0.2, 0.25) is 0 Å². The zero-order valence-corrected chi connectivity index (χ0v) is 22.7. The number of hydrogen-bond acceptors (Lipinski definition) is 1. The molecule has 0 aromatic heterocycles. The minimum Gasteiger partial charge on any atom is -0.173 e. The largest absolute Gasteiger partial charge is 0.173 e. The van der Waals surface area contributed by atoms with E-state index >= 15 is 0 Å². The smallest absolute Gasteiger partial charge is 0.0123 e. The summed E-state index contributed by atoms with van der Waals surface area (Å²) in [4.78, 5) is 6.60. The molecular weight excluding hydrogens is 497 g/mol. The topological polar surface area (TPSA) is 0 Å². The minimum atomic E-state index is -0.638. The molecule has 6 aromatic carbocycles. The lowest BCUT2D eigenvalue weighted by Gasteiger charge is -2.24. The van der Waals surface area contributed by atoms with E-state index < -0.39 is 10.9 Å². The van der Waals surface area contributed by atoms with E-state index in [4.69, 9.17) is 0 Å². The second kappa shape index (κ2) is 11.6. The highest BCUT2D eigenvalue weighted by atomic mass is 32.2. The highest BCUT2D eigenvalue weighted by molar-refractivity contribution is 8.17. The molecule has 2 heteroatoms. The molecular formula is C36H28S2. The van der Waals surface area contributed by atoms with E-state index in [1.165, 1.54) is 46.7 Å². The van der Waals surface area contributed by atoms with Crippen LogP contribution in [0, 0.1) is 0 Å². The van der Waals surface area contributed by atoms with Crippen LogP contribution in [0.25, 0.3) is 22.3 Å². The van der Waals surface area contributed by atoms with Gasteiger partial charge in [0, 0.05) is 9.79 Å². The Kier molecular flexibility index (Phi) is 7.44. The van der Waals surface area contributed by atoms with Gasteiger partial charge in [-0.05, 0) is 97.6 Å². The molecule has 0 saturated carbocycles. The maximum atomic E-state index is 2.31. The van der Waals surface area contributed by atoms with Gasteiger partial charge in [-0.2, -0.15) is 10.9 Å². The minimum absolute atomic E-state index is 0.638. The maximum Gasteiger partial charge on any atom is 0.0123 e. The summed E-state index contributed by atoms with van der Waals surface area (Å²) in [7, 11) is -0.638. The molecule has 0 N–H and O–H groups in total. The van der Waals surface area contributed by atoms with Crippen LogP contribution in [0.2, 0.25) is 0 Å². The Morgan fingerprint density at radius 2 is 0.605 bits per heavy atom. The highest BCUT2D eigenvalue weighted by Crippen LogP contribution is 2.51. The zero-order chi connectivity index (χ0) is 25.6. The predicted octanol–water partition coefficient (Wildman–Crippen LogP) is 10.7. The number of benzene rings is 6. The lowest BCUT2D eigenvalue weighted by atomic mass is 10.1. The first-order valence-corrected chi connectivity index (χ1v) is 14.9. The van der Waals surface area contributed by atoms with Gasteiger partial charge in [0.1, 0.15) is 0 Å². The molecule has 0 spiro atoms. The Hall–Kier alpha value is -3.98. The molecule has 0 amide bonds. The van der Waals surface area contributed by atoms with Crippen LogP contribution in [0.4, 0.5) is 0 Å². The van der Waals surface area contributed by atoms with Crippen LogP contribution < -0.4 is 0 Å². The molecule has 0 aliphatic rings. The van der Waals surface area contributed by atoms with Crippen molar-refractivity contribution >= 4 is 22.7 Å². The third kappa shape index (κ3) is 5.62. The monoisotopic (exact) mass is 524 g/mol. The summed E-state index contributed by atoms with van der Waals surface area (Å²) in [6, 6.07) is 59.1. The number of rotatable bonds is 7. The SMILES string of the molecule is c1ccc(-c2ccc(Sc3ccc([SH](c4ccccc4)c4ccc(-c5ccccc5)cc4)cc3)cc2)cc1. The summed E-state index contributed by atoms with van der Waals surface area (Å²) in [5, 5.41) is 0. The van der Waals surface area contributed by atoms with E-state index in [1.54, 1.807) is 0 Å². The summed E-state index contributed by atoms with van der Waals surface area (Å²) in [5.41, 5.74) is 5.00. The fourth-order valence-corrected chi connectivity index (χ4v) is 7.68. The van der Waals surface area contributed by atoms with Crippen molar-refractivity contribution in [3.63, 3.8) is 0 Å². The Bertz CT molecular complexity index is 1580. The van der Waals surface area contributed by atoms with Crippen molar-refractivity contribution in [2.75, 3.05) is 0 Å². The van der Waals surface area contributed by atoms with Crippen molar-refractivity contribution in [3.8, 4) is 22.3 Å². The fraction of sp³-hybridized carbons (Fsp3) is 0. The van der Waals surface area contributed by atoms with Gasteiger partial charge in [-0.3, -0.25) is 0 Å². The van der Waals surface area contributed by atoms with E-state index in [2.05, 4.69) is 164 Å². The Morgan fingerprint density at radius 1 is 0.289 bits per heavy atom. The maximum absolute atomic E-state index is 2.31. The number of hydrogen-bond donors (Lipinski definition) is 1. The van der Waals surface area contributed by atoms with Gasteiger partial charge in [-0.1, -0.05) is 115 Å². The van der Waals surface area contributed by atoms with E-state index in [0.717, 1.165) is 0 Å². The van der Waals surface area contributed by atoms with Crippen LogP contribution in [0.15, 0.2) is 188 Å². The standard InChI is InChI=1S/C36H28S2/c1-4-10-28(11-5-1)30-16-20-32(21-17-30)37-33-22-26-36(27-23-33)38(34-14-8-3-9-15-34)35-24-18-31(19-25-35)29-12-6-2-7-13-29/h1-27,38H. The van der Waals surface area contributed by atoms with E-state index in [1.807, 2.05) is 11.8 Å². The lowest BCUT2D eigenvalue weighted by Crippen LogP contribution is -1.89. The summed E-state index contributed by atoms with van der Waals surface area (Å²) < 4.78 is 0. The van der Waals surface area contributed by atoms with Crippen molar-refractivity contribution < 1.29 is 0 Å². The quantitative estimate of drug-likeness (QED) is 0.203. The highest BCUT2D eigenvalue weighted by Gasteiger charge is 2.13. The van der Waals surface area contributed by atoms with E-state index in [0.29, 0.717) is 0 Å². The van der Waals surface area contributed by atoms with E-state index in [9.17, 15) is 0 Å². The van der Waals surface area contributed by atoms with Gasteiger partial charge in [-0.25, -0.2) is 0 Å². The molecule has 0 nitrogen and oxygen atoms in total. The molecule has 0 aliphatic heterocycles. The molecule has 0 radical (unpaired) electrons. The molecule has 0 saturated heterocycles. The summed E-state index contributed by atoms with van der Waals surface area (Å²) in [6.45, 7) is 0. The van der Waals surface area contributed by atoms with Crippen molar-refractivity contribution in [1.82, 2.24) is 0 Å². The van der Waals surface area contributed by atoms with Gasteiger partial charge in [0.15, 0.2) is 0 Å². The molecule has 6 rings (SSSR count).